The third-order valence-corrected chi connectivity index (χ3v) is 5.86. The summed E-state index contributed by atoms with van der Waals surface area (Å²) in [4.78, 5) is 26.7. The van der Waals surface area contributed by atoms with Gasteiger partial charge in [0, 0.05) is 56.8 Å². The first-order valence-corrected chi connectivity index (χ1v) is 10.5. The molecular weight excluding hydrogens is 376 g/mol. The van der Waals surface area contributed by atoms with Crippen molar-refractivity contribution in [3.8, 4) is 0 Å². The van der Waals surface area contributed by atoms with Crippen LogP contribution in [0.15, 0.2) is 59.9 Å². The van der Waals surface area contributed by atoms with Gasteiger partial charge < -0.3 is 9.30 Å². The maximum atomic E-state index is 12.6. The van der Waals surface area contributed by atoms with Crippen molar-refractivity contribution in [3.63, 3.8) is 0 Å². The van der Waals surface area contributed by atoms with Crippen LogP contribution in [-0.4, -0.2) is 50.0 Å². The van der Waals surface area contributed by atoms with Gasteiger partial charge in [-0.2, -0.15) is 0 Å². The molecular formula is C23H26N6O. The monoisotopic (exact) mass is 402 g/mol. The molecule has 5 rings (SSSR count). The van der Waals surface area contributed by atoms with Gasteiger partial charge in [-0.05, 0) is 44.2 Å². The lowest BCUT2D eigenvalue weighted by molar-refractivity contribution is 0.247. The van der Waals surface area contributed by atoms with Gasteiger partial charge in [0.1, 0.15) is 5.65 Å². The maximum absolute atomic E-state index is 12.6. The van der Waals surface area contributed by atoms with Crippen LogP contribution in [-0.2, 0) is 6.54 Å². The van der Waals surface area contributed by atoms with E-state index in [1.165, 1.54) is 0 Å². The summed E-state index contributed by atoms with van der Waals surface area (Å²) in [6, 6.07) is 12.2. The highest BCUT2D eigenvalue weighted by Crippen LogP contribution is 2.21. The summed E-state index contributed by atoms with van der Waals surface area (Å²) in [5.41, 5.74) is 4.02. The number of nitrogens with zero attached hydrogens (tertiary/aromatic N) is 6. The predicted octanol–water partition coefficient (Wildman–Crippen LogP) is 2.95. The number of imidazole rings is 1. The van der Waals surface area contributed by atoms with E-state index in [4.69, 9.17) is 4.98 Å². The molecule has 0 saturated carbocycles. The number of anilines is 1. The number of benzene rings is 1. The summed E-state index contributed by atoms with van der Waals surface area (Å²) in [6.07, 6.45) is 5.81. The average Bonchev–Trinajstić information content (AvgIpc) is 3.16. The first kappa shape index (κ1) is 18.8. The number of rotatable bonds is 4. The van der Waals surface area contributed by atoms with Crippen LogP contribution in [0.2, 0.25) is 0 Å². The Labute approximate surface area is 175 Å². The standard InChI is InChI=1S/C23H26N6O/c1-17(2)29-16-24-21-13-19(6-7-20(21)23(29)30)27-11-9-26(10-12-27)14-18-15-28-8-4-3-5-22(28)25-18/h3-8,13,15-17H,9-12,14H2,1-2H3. The van der Waals surface area contributed by atoms with E-state index >= 15 is 0 Å². The fourth-order valence-corrected chi connectivity index (χ4v) is 4.14. The molecule has 7 heteroatoms. The minimum Gasteiger partial charge on any atom is -0.369 e. The van der Waals surface area contributed by atoms with Crippen molar-refractivity contribution >= 4 is 22.2 Å². The zero-order valence-corrected chi connectivity index (χ0v) is 17.4. The summed E-state index contributed by atoms with van der Waals surface area (Å²) in [5.74, 6) is 0. The quantitative estimate of drug-likeness (QED) is 0.525. The van der Waals surface area contributed by atoms with Gasteiger partial charge in [0.15, 0.2) is 0 Å². The number of aromatic nitrogens is 4. The van der Waals surface area contributed by atoms with Gasteiger partial charge in [0.2, 0.25) is 0 Å². The molecule has 0 aliphatic carbocycles. The van der Waals surface area contributed by atoms with Crippen LogP contribution in [0.1, 0.15) is 25.6 Å². The summed E-state index contributed by atoms with van der Waals surface area (Å²) in [6.45, 7) is 8.71. The molecule has 1 fully saturated rings. The van der Waals surface area contributed by atoms with Gasteiger partial charge in [0.05, 0.1) is 22.9 Å². The van der Waals surface area contributed by atoms with Gasteiger partial charge in [-0.1, -0.05) is 6.07 Å². The Morgan fingerprint density at radius 2 is 1.90 bits per heavy atom. The Morgan fingerprint density at radius 3 is 2.67 bits per heavy atom. The summed E-state index contributed by atoms with van der Waals surface area (Å²) in [5, 5.41) is 0.681. The van der Waals surface area contributed by atoms with E-state index in [0.717, 1.165) is 55.3 Å². The van der Waals surface area contributed by atoms with E-state index in [9.17, 15) is 4.79 Å². The zero-order chi connectivity index (χ0) is 20.7. The van der Waals surface area contributed by atoms with Crippen molar-refractivity contribution in [2.24, 2.45) is 0 Å². The van der Waals surface area contributed by atoms with Gasteiger partial charge in [-0.15, -0.1) is 0 Å². The molecule has 1 aliphatic heterocycles. The summed E-state index contributed by atoms with van der Waals surface area (Å²) < 4.78 is 3.75. The zero-order valence-electron chi connectivity index (χ0n) is 17.4. The molecule has 0 atom stereocenters. The molecule has 1 aliphatic rings. The third-order valence-electron chi connectivity index (χ3n) is 5.86. The van der Waals surface area contributed by atoms with Crippen LogP contribution >= 0.6 is 0 Å². The molecule has 0 amide bonds. The van der Waals surface area contributed by atoms with Crippen molar-refractivity contribution in [3.05, 3.63) is 71.2 Å². The lowest BCUT2D eigenvalue weighted by atomic mass is 10.2. The Hall–Kier alpha value is -3.19. The second kappa shape index (κ2) is 7.57. The Kier molecular flexibility index (Phi) is 4.75. The molecule has 154 valence electrons. The normalized spacial score (nSPS) is 15.5. The van der Waals surface area contributed by atoms with Crippen molar-refractivity contribution < 1.29 is 0 Å². The molecule has 1 saturated heterocycles. The topological polar surface area (TPSA) is 58.7 Å². The first-order chi connectivity index (χ1) is 14.6. The van der Waals surface area contributed by atoms with Crippen LogP contribution in [0.3, 0.4) is 0 Å². The molecule has 1 aromatic carbocycles. The SMILES string of the molecule is CC(C)n1cnc2cc(N3CCN(Cc4cn5ccccc5n4)CC3)ccc2c1=O. The second-order valence-corrected chi connectivity index (χ2v) is 8.21. The number of piperazine rings is 1. The number of pyridine rings is 1. The van der Waals surface area contributed by atoms with E-state index in [2.05, 4.69) is 25.4 Å². The highest BCUT2D eigenvalue weighted by molar-refractivity contribution is 5.81. The smallest absolute Gasteiger partial charge is 0.261 e. The molecule has 3 aromatic heterocycles. The van der Waals surface area contributed by atoms with Gasteiger partial charge in [0.25, 0.3) is 5.56 Å². The Balaban J connectivity index is 1.28. The molecule has 4 aromatic rings. The highest BCUT2D eigenvalue weighted by Gasteiger charge is 2.19. The molecule has 0 spiro atoms. The molecule has 4 heterocycles. The molecule has 0 N–H and O–H groups in total. The summed E-state index contributed by atoms with van der Waals surface area (Å²) in [7, 11) is 0. The largest absolute Gasteiger partial charge is 0.369 e. The van der Waals surface area contributed by atoms with E-state index in [0.29, 0.717) is 5.39 Å². The van der Waals surface area contributed by atoms with Crippen molar-refractivity contribution in [2.75, 3.05) is 31.1 Å². The average molecular weight is 403 g/mol. The lowest BCUT2D eigenvalue weighted by Crippen LogP contribution is -2.46. The van der Waals surface area contributed by atoms with Crippen LogP contribution in [0.25, 0.3) is 16.6 Å². The molecule has 0 radical (unpaired) electrons. The van der Waals surface area contributed by atoms with Gasteiger partial charge in [-0.3, -0.25) is 14.3 Å². The Bertz CT molecular complexity index is 1220. The van der Waals surface area contributed by atoms with Crippen molar-refractivity contribution in [2.45, 2.75) is 26.4 Å². The maximum Gasteiger partial charge on any atom is 0.261 e. The van der Waals surface area contributed by atoms with Gasteiger partial charge >= 0.3 is 0 Å². The number of fused-ring (bicyclic) bond motifs is 2. The lowest BCUT2D eigenvalue weighted by Gasteiger charge is -2.35. The fraction of sp³-hybridized carbons (Fsp3) is 0.348. The molecule has 0 bridgehead atoms. The number of hydrogen-bond acceptors (Lipinski definition) is 5. The predicted molar refractivity (Wildman–Crippen MR) is 119 cm³/mol. The van der Waals surface area contributed by atoms with Crippen LogP contribution < -0.4 is 10.5 Å². The first-order valence-electron chi connectivity index (χ1n) is 10.5. The fourth-order valence-electron chi connectivity index (χ4n) is 4.14. The van der Waals surface area contributed by atoms with Crippen LogP contribution in [0, 0.1) is 0 Å². The highest BCUT2D eigenvalue weighted by atomic mass is 16.1. The van der Waals surface area contributed by atoms with Crippen LogP contribution in [0.5, 0.6) is 0 Å². The van der Waals surface area contributed by atoms with Gasteiger partial charge in [-0.25, -0.2) is 9.97 Å². The molecule has 0 unspecified atom stereocenters. The number of hydrogen-bond donors (Lipinski definition) is 0. The third kappa shape index (κ3) is 3.45. The van der Waals surface area contributed by atoms with E-state index in [1.807, 2.05) is 56.4 Å². The van der Waals surface area contributed by atoms with E-state index in [-0.39, 0.29) is 11.6 Å². The van der Waals surface area contributed by atoms with E-state index < -0.39 is 0 Å². The minimum atomic E-state index is 0.0267. The van der Waals surface area contributed by atoms with E-state index in [1.54, 1.807) is 10.9 Å². The van der Waals surface area contributed by atoms with Crippen molar-refractivity contribution in [1.82, 2.24) is 23.8 Å². The minimum absolute atomic E-state index is 0.0267. The van der Waals surface area contributed by atoms with Crippen molar-refractivity contribution in [1.29, 1.82) is 0 Å². The Morgan fingerprint density at radius 1 is 1.07 bits per heavy atom. The molecule has 7 nitrogen and oxygen atoms in total. The second-order valence-electron chi connectivity index (χ2n) is 8.21. The molecule has 30 heavy (non-hydrogen) atoms. The summed E-state index contributed by atoms with van der Waals surface area (Å²) >= 11 is 0. The van der Waals surface area contributed by atoms with Crippen LogP contribution in [0.4, 0.5) is 5.69 Å².